The number of carbonyl (C=O) groups is 1. The number of hydrogen-bond acceptors (Lipinski definition) is 4. The van der Waals surface area contributed by atoms with Gasteiger partial charge in [0.2, 0.25) is 5.76 Å². The SMILES string of the molecule is CCOC(=O)c1ccc(CN=C(N)N(C)C2CC2)o1.I. The van der Waals surface area contributed by atoms with Crippen LogP contribution in [0.5, 0.6) is 0 Å². The van der Waals surface area contributed by atoms with Crippen LogP contribution in [0.15, 0.2) is 21.5 Å². The third-order valence-corrected chi connectivity index (χ3v) is 2.99. The molecule has 0 radical (unpaired) electrons. The first-order chi connectivity index (χ1) is 9.11. The Balaban J connectivity index is 0.00000200. The number of guanidine groups is 1. The van der Waals surface area contributed by atoms with Crippen LogP contribution in [0.4, 0.5) is 0 Å². The third-order valence-electron chi connectivity index (χ3n) is 2.99. The molecule has 0 saturated heterocycles. The summed E-state index contributed by atoms with van der Waals surface area (Å²) in [5.74, 6) is 0.828. The minimum absolute atomic E-state index is 0. The lowest BCUT2D eigenvalue weighted by atomic mass is 10.4. The van der Waals surface area contributed by atoms with Crippen LogP contribution in [-0.4, -0.2) is 36.5 Å². The Bertz CT molecular complexity index is 483. The van der Waals surface area contributed by atoms with Gasteiger partial charge in [0.25, 0.3) is 0 Å². The summed E-state index contributed by atoms with van der Waals surface area (Å²) in [4.78, 5) is 17.6. The molecule has 0 aliphatic heterocycles. The monoisotopic (exact) mass is 393 g/mol. The van der Waals surface area contributed by atoms with Gasteiger partial charge in [-0.2, -0.15) is 0 Å². The summed E-state index contributed by atoms with van der Waals surface area (Å²) in [5.41, 5.74) is 5.86. The van der Waals surface area contributed by atoms with E-state index in [1.165, 1.54) is 12.8 Å². The highest BCUT2D eigenvalue weighted by molar-refractivity contribution is 14.0. The van der Waals surface area contributed by atoms with E-state index in [1.807, 2.05) is 11.9 Å². The normalized spacial score (nSPS) is 14.6. The minimum atomic E-state index is -0.458. The van der Waals surface area contributed by atoms with Gasteiger partial charge >= 0.3 is 5.97 Å². The van der Waals surface area contributed by atoms with Crippen molar-refractivity contribution >= 4 is 35.9 Å². The molecular weight excluding hydrogens is 373 g/mol. The standard InChI is InChI=1S/C13H19N3O3.HI/c1-3-18-12(17)11-7-6-10(19-11)8-15-13(14)16(2)9-4-5-9;/h6-7,9H,3-5,8H2,1-2H3,(H2,14,15);1H. The molecule has 2 rings (SSSR count). The first-order valence-electron chi connectivity index (χ1n) is 6.40. The summed E-state index contributed by atoms with van der Waals surface area (Å²) in [5, 5.41) is 0. The average Bonchev–Trinajstić information content (AvgIpc) is 3.14. The zero-order valence-corrected chi connectivity index (χ0v) is 14.0. The maximum Gasteiger partial charge on any atom is 0.374 e. The Morgan fingerprint density at radius 1 is 1.55 bits per heavy atom. The van der Waals surface area contributed by atoms with E-state index in [0.29, 0.717) is 30.9 Å². The van der Waals surface area contributed by atoms with E-state index in [-0.39, 0.29) is 29.7 Å². The molecule has 1 fully saturated rings. The van der Waals surface area contributed by atoms with Crippen molar-refractivity contribution in [1.82, 2.24) is 4.90 Å². The molecule has 0 unspecified atom stereocenters. The molecule has 1 aromatic heterocycles. The lowest BCUT2D eigenvalue weighted by molar-refractivity contribution is 0.0488. The molecule has 1 aliphatic carbocycles. The fourth-order valence-electron chi connectivity index (χ4n) is 1.69. The third kappa shape index (κ3) is 4.39. The second-order valence-corrected chi connectivity index (χ2v) is 4.50. The highest BCUT2D eigenvalue weighted by atomic mass is 127. The quantitative estimate of drug-likeness (QED) is 0.358. The van der Waals surface area contributed by atoms with Gasteiger partial charge < -0.3 is 19.8 Å². The molecule has 0 atom stereocenters. The topological polar surface area (TPSA) is 81.1 Å². The molecule has 1 aliphatic rings. The summed E-state index contributed by atoms with van der Waals surface area (Å²) in [6.45, 7) is 2.40. The number of hydrogen-bond donors (Lipinski definition) is 1. The molecule has 6 nitrogen and oxygen atoms in total. The van der Waals surface area contributed by atoms with Crippen LogP contribution in [0, 0.1) is 0 Å². The largest absolute Gasteiger partial charge is 0.460 e. The van der Waals surface area contributed by atoms with Crippen LogP contribution in [0.1, 0.15) is 36.1 Å². The van der Waals surface area contributed by atoms with Crippen molar-refractivity contribution in [3.63, 3.8) is 0 Å². The predicted molar refractivity (Wildman–Crippen MR) is 86.2 cm³/mol. The number of nitrogens with zero attached hydrogens (tertiary/aromatic N) is 2. The zero-order chi connectivity index (χ0) is 13.8. The van der Waals surface area contributed by atoms with Gasteiger partial charge in [-0.05, 0) is 31.9 Å². The van der Waals surface area contributed by atoms with Gasteiger partial charge in [-0.1, -0.05) is 0 Å². The minimum Gasteiger partial charge on any atom is -0.460 e. The Kier molecular flexibility index (Phi) is 6.31. The fourth-order valence-corrected chi connectivity index (χ4v) is 1.69. The number of ether oxygens (including phenoxy) is 1. The summed E-state index contributed by atoms with van der Waals surface area (Å²) in [7, 11) is 1.93. The van der Waals surface area contributed by atoms with E-state index in [1.54, 1.807) is 19.1 Å². The van der Waals surface area contributed by atoms with Gasteiger partial charge in [-0.25, -0.2) is 9.79 Å². The number of aliphatic imine (C=N–C) groups is 1. The molecule has 7 heteroatoms. The van der Waals surface area contributed by atoms with Gasteiger partial charge in [-0.15, -0.1) is 24.0 Å². The van der Waals surface area contributed by atoms with Gasteiger partial charge in [0, 0.05) is 13.1 Å². The van der Waals surface area contributed by atoms with Crippen molar-refractivity contribution in [1.29, 1.82) is 0 Å². The molecule has 1 saturated carbocycles. The Labute approximate surface area is 135 Å². The van der Waals surface area contributed by atoms with Crippen molar-refractivity contribution in [2.24, 2.45) is 10.7 Å². The summed E-state index contributed by atoms with van der Waals surface area (Å²) < 4.78 is 10.2. The van der Waals surface area contributed by atoms with Crippen molar-refractivity contribution in [3.05, 3.63) is 23.7 Å². The van der Waals surface area contributed by atoms with Gasteiger partial charge in [0.1, 0.15) is 12.3 Å². The second kappa shape index (κ2) is 7.51. The van der Waals surface area contributed by atoms with E-state index in [2.05, 4.69) is 4.99 Å². The maximum atomic E-state index is 11.4. The molecule has 0 aromatic carbocycles. The van der Waals surface area contributed by atoms with Crippen LogP contribution in [0.2, 0.25) is 0 Å². The van der Waals surface area contributed by atoms with Crippen molar-refractivity contribution in [3.8, 4) is 0 Å². The molecule has 0 spiro atoms. The maximum absolute atomic E-state index is 11.4. The lowest BCUT2D eigenvalue weighted by Gasteiger charge is -2.16. The predicted octanol–water partition coefficient (Wildman–Crippen LogP) is 1.98. The second-order valence-electron chi connectivity index (χ2n) is 4.50. The van der Waals surface area contributed by atoms with Crippen LogP contribution >= 0.6 is 24.0 Å². The molecule has 1 heterocycles. The van der Waals surface area contributed by atoms with Gasteiger partial charge in [-0.3, -0.25) is 0 Å². The molecular formula is C13H20IN3O3. The van der Waals surface area contributed by atoms with Crippen LogP contribution in [0.25, 0.3) is 0 Å². The highest BCUT2D eigenvalue weighted by Gasteiger charge is 2.27. The van der Waals surface area contributed by atoms with E-state index in [4.69, 9.17) is 14.9 Å². The van der Waals surface area contributed by atoms with Gasteiger partial charge in [0.05, 0.1) is 6.61 Å². The molecule has 1 aromatic rings. The smallest absolute Gasteiger partial charge is 0.374 e. The van der Waals surface area contributed by atoms with E-state index < -0.39 is 5.97 Å². The number of halogens is 1. The van der Waals surface area contributed by atoms with E-state index in [9.17, 15) is 4.79 Å². The van der Waals surface area contributed by atoms with Crippen LogP contribution in [-0.2, 0) is 11.3 Å². The molecule has 0 bridgehead atoms. The molecule has 2 N–H and O–H groups in total. The Morgan fingerprint density at radius 2 is 2.25 bits per heavy atom. The molecule has 20 heavy (non-hydrogen) atoms. The number of nitrogens with two attached hydrogens (primary N) is 1. The fraction of sp³-hybridized carbons (Fsp3) is 0.538. The van der Waals surface area contributed by atoms with E-state index in [0.717, 1.165) is 0 Å². The summed E-state index contributed by atoms with van der Waals surface area (Å²) in [6, 6.07) is 3.82. The van der Waals surface area contributed by atoms with Crippen LogP contribution < -0.4 is 5.73 Å². The highest BCUT2D eigenvalue weighted by Crippen LogP contribution is 2.25. The zero-order valence-electron chi connectivity index (χ0n) is 11.7. The van der Waals surface area contributed by atoms with Gasteiger partial charge in [0.15, 0.2) is 5.96 Å². The van der Waals surface area contributed by atoms with Crippen molar-refractivity contribution < 1.29 is 13.9 Å². The Hall–Kier alpha value is -1.25. The summed E-state index contributed by atoms with van der Waals surface area (Å²) in [6.07, 6.45) is 2.33. The average molecular weight is 393 g/mol. The molecule has 112 valence electrons. The number of rotatable bonds is 5. The van der Waals surface area contributed by atoms with Crippen molar-refractivity contribution in [2.45, 2.75) is 32.4 Å². The summed E-state index contributed by atoms with van der Waals surface area (Å²) >= 11 is 0. The number of furan rings is 1. The lowest BCUT2D eigenvalue weighted by Crippen LogP contribution is -2.35. The van der Waals surface area contributed by atoms with Crippen LogP contribution in [0.3, 0.4) is 0 Å². The number of esters is 1. The first-order valence-corrected chi connectivity index (χ1v) is 6.40. The Morgan fingerprint density at radius 3 is 2.85 bits per heavy atom. The van der Waals surface area contributed by atoms with Crippen molar-refractivity contribution in [2.75, 3.05) is 13.7 Å². The first kappa shape index (κ1) is 16.8. The van der Waals surface area contributed by atoms with E-state index >= 15 is 0 Å². The molecule has 0 amide bonds. The number of carbonyl (C=O) groups excluding carboxylic acids is 1.